The molecule has 2 aromatic carbocycles. The standard InChI is InChI=1S/C22H20F3N5O2/c23-22(24,25)16-3-1-2-14(12-16)4-7-19(31)29-8-10-30(11-9-29)21-27-17-6-5-15(20(26)32)13-18(17)28-21/h1-7,12-13H,8-11H2,(H2,26,32)(H,27,28)/b7-4+. The number of halogens is 3. The second-order valence-corrected chi connectivity index (χ2v) is 7.43. The van der Waals surface area contributed by atoms with Gasteiger partial charge in [0, 0.05) is 37.8 Å². The molecule has 4 rings (SSSR count). The van der Waals surface area contributed by atoms with Crippen LogP contribution in [0.4, 0.5) is 19.1 Å². The summed E-state index contributed by atoms with van der Waals surface area (Å²) in [6.07, 6.45) is -1.75. The van der Waals surface area contributed by atoms with Gasteiger partial charge in [-0.05, 0) is 42.0 Å². The van der Waals surface area contributed by atoms with Crippen LogP contribution in [-0.4, -0.2) is 52.9 Å². The number of H-pyrrole nitrogens is 1. The van der Waals surface area contributed by atoms with E-state index in [9.17, 15) is 22.8 Å². The maximum atomic E-state index is 12.8. The zero-order valence-corrected chi connectivity index (χ0v) is 16.9. The average molecular weight is 443 g/mol. The number of aromatic amines is 1. The first-order chi connectivity index (χ1) is 15.2. The third kappa shape index (κ3) is 4.58. The van der Waals surface area contributed by atoms with Crippen molar-refractivity contribution in [3.8, 4) is 0 Å². The molecule has 2 amide bonds. The number of aromatic nitrogens is 2. The minimum atomic E-state index is -4.43. The molecule has 1 saturated heterocycles. The van der Waals surface area contributed by atoms with E-state index in [1.54, 1.807) is 23.1 Å². The third-order valence-electron chi connectivity index (χ3n) is 5.28. The molecule has 0 radical (unpaired) electrons. The fourth-order valence-electron chi connectivity index (χ4n) is 3.53. The van der Waals surface area contributed by atoms with Crippen molar-refractivity contribution < 1.29 is 22.8 Å². The third-order valence-corrected chi connectivity index (χ3v) is 5.28. The number of primary amides is 1. The number of nitrogens with zero attached hydrogens (tertiary/aromatic N) is 3. The maximum Gasteiger partial charge on any atom is 0.416 e. The number of amides is 2. The number of fused-ring (bicyclic) bond motifs is 1. The number of hydrogen-bond acceptors (Lipinski definition) is 4. The number of nitrogens with one attached hydrogen (secondary N) is 1. The molecule has 0 bridgehead atoms. The molecular weight excluding hydrogens is 423 g/mol. The molecule has 7 nitrogen and oxygen atoms in total. The largest absolute Gasteiger partial charge is 0.416 e. The van der Waals surface area contributed by atoms with Crippen LogP contribution in [0.3, 0.4) is 0 Å². The summed E-state index contributed by atoms with van der Waals surface area (Å²) in [7, 11) is 0. The van der Waals surface area contributed by atoms with Gasteiger partial charge in [0.05, 0.1) is 16.6 Å². The van der Waals surface area contributed by atoms with E-state index in [4.69, 9.17) is 5.73 Å². The van der Waals surface area contributed by atoms with E-state index in [2.05, 4.69) is 9.97 Å². The van der Waals surface area contributed by atoms with Crippen LogP contribution in [0.25, 0.3) is 17.1 Å². The minimum absolute atomic E-state index is 0.266. The number of alkyl halides is 3. The van der Waals surface area contributed by atoms with Crippen LogP contribution < -0.4 is 10.6 Å². The lowest BCUT2D eigenvalue weighted by atomic mass is 10.1. The fraction of sp³-hybridized carbons (Fsp3) is 0.227. The molecule has 166 valence electrons. The zero-order chi connectivity index (χ0) is 22.9. The normalized spacial score (nSPS) is 15.0. The van der Waals surface area contributed by atoms with Crippen LogP contribution in [0.1, 0.15) is 21.5 Å². The summed E-state index contributed by atoms with van der Waals surface area (Å²) in [4.78, 5) is 35.1. The lowest BCUT2D eigenvalue weighted by molar-refractivity contribution is -0.137. The Kier molecular flexibility index (Phi) is 5.60. The summed E-state index contributed by atoms with van der Waals surface area (Å²) in [6.45, 7) is 1.95. The molecule has 0 unspecified atom stereocenters. The Bertz CT molecular complexity index is 1190. The van der Waals surface area contributed by atoms with Gasteiger partial charge in [0.25, 0.3) is 0 Å². The Morgan fingerprint density at radius 3 is 2.50 bits per heavy atom. The van der Waals surface area contributed by atoms with Crippen molar-refractivity contribution in [2.45, 2.75) is 6.18 Å². The number of imidazole rings is 1. The predicted molar refractivity (Wildman–Crippen MR) is 114 cm³/mol. The van der Waals surface area contributed by atoms with E-state index in [0.29, 0.717) is 48.8 Å². The number of nitrogens with two attached hydrogens (primary N) is 1. The smallest absolute Gasteiger partial charge is 0.366 e. The van der Waals surface area contributed by atoms with Crippen molar-refractivity contribution in [2.75, 3.05) is 31.1 Å². The summed E-state index contributed by atoms with van der Waals surface area (Å²) in [5.41, 5.74) is 6.63. The van der Waals surface area contributed by atoms with Gasteiger partial charge in [-0.3, -0.25) is 9.59 Å². The van der Waals surface area contributed by atoms with Crippen LogP contribution in [0.15, 0.2) is 48.5 Å². The Morgan fingerprint density at radius 1 is 1.06 bits per heavy atom. The zero-order valence-electron chi connectivity index (χ0n) is 16.9. The number of carbonyl (C=O) groups excluding carboxylic acids is 2. The van der Waals surface area contributed by atoms with Crippen molar-refractivity contribution in [3.63, 3.8) is 0 Å². The van der Waals surface area contributed by atoms with Crippen LogP contribution in [-0.2, 0) is 11.0 Å². The summed E-state index contributed by atoms with van der Waals surface area (Å²) in [5.74, 6) is -0.159. The number of anilines is 1. The minimum Gasteiger partial charge on any atom is -0.366 e. The highest BCUT2D eigenvalue weighted by Gasteiger charge is 2.30. The molecule has 0 spiro atoms. The van der Waals surface area contributed by atoms with E-state index >= 15 is 0 Å². The van der Waals surface area contributed by atoms with Crippen LogP contribution in [0.5, 0.6) is 0 Å². The molecule has 1 fully saturated rings. The molecule has 0 saturated carbocycles. The van der Waals surface area contributed by atoms with E-state index in [1.165, 1.54) is 24.3 Å². The average Bonchev–Trinajstić information content (AvgIpc) is 3.20. The Labute approximate surface area is 181 Å². The Hall–Kier alpha value is -3.82. The molecule has 2 heterocycles. The van der Waals surface area contributed by atoms with Crippen molar-refractivity contribution in [2.24, 2.45) is 5.73 Å². The molecule has 3 N–H and O–H groups in total. The lowest BCUT2D eigenvalue weighted by Crippen LogP contribution is -2.48. The van der Waals surface area contributed by atoms with Gasteiger partial charge in [-0.25, -0.2) is 4.98 Å². The first-order valence-electron chi connectivity index (χ1n) is 9.89. The van der Waals surface area contributed by atoms with E-state index < -0.39 is 17.6 Å². The number of rotatable bonds is 4. The molecule has 1 aromatic heterocycles. The number of piperazine rings is 1. The number of benzene rings is 2. The molecule has 10 heteroatoms. The van der Waals surface area contributed by atoms with E-state index in [-0.39, 0.29) is 5.91 Å². The van der Waals surface area contributed by atoms with Gasteiger partial charge in [-0.2, -0.15) is 13.2 Å². The van der Waals surface area contributed by atoms with Gasteiger partial charge in [0.15, 0.2) is 0 Å². The second kappa shape index (κ2) is 8.37. The SMILES string of the molecule is NC(=O)c1ccc2[nH]c(N3CCN(C(=O)/C=C/c4cccc(C(F)(F)F)c4)CC3)nc2c1. The number of hydrogen-bond donors (Lipinski definition) is 2. The van der Waals surface area contributed by atoms with Gasteiger partial charge in [-0.1, -0.05) is 12.1 Å². The summed E-state index contributed by atoms with van der Waals surface area (Å²) in [6, 6.07) is 9.81. The van der Waals surface area contributed by atoms with E-state index in [1.807, 2.05) is 4.90 Å². The van der Waals surface area contributed by atoms with Crippen molar-refractivity contribution in [3.05, 3.63) is 65.2 Å². The monoisotopic (exact) mass is 443 g/mol. The van der Waals surface area contributed by atoms with Crippen molar-refractivity contribution in [1.82, 2.24) is 14.9 Å². The van der Waals surface area contributed by atoms with Crippen LogP contribution in [0.2, 0.25) is 0 Å². The predicted octanol–water partition coefficient (Wildman–Crippen LogP) is 3.04. The van der Waals surface area contributed by atoms with Gasteiger partial charge in [0.2, 0.25) is 17.8 Å². The van der Waals surface area contributed by atoms with Crippen LogP contribution >= 0.6 is 0 Å². The molecule has 1 aliphatic heterocycles. The van der Waals surface area contributed by atoms with Gasteiger partial charge in [0.1, 0.15) is 0 Å². The van der Waals surface area contributed by atoms with Crippen LogP contribution in [0, 0.1) is 0 Å². The number of carbonyl (C=O) groups is 2. The van der Waals surface area contributed by atoms with Gasteiger partial charge < -0.3 is 20.5 Å². The first-order valence-corrected chi connectivity index (χ1v) is 9.89. The lowest BCUT2D eigenvalue weighted by Gasteiger charge is -2.34. The van der Waals surface area contributed by atoms with E-state index in [0.717, 1.165) is 17.6 Å². The molecule has 32 heavy (non-hydrogen) atoms. The summed E-state index contributed by atoms with van der Waals surface area (Å²) < 4.78 is 38.5. The van der Waals surface area contributed by atoms with Gasteiger partial charge in [-0.15, -0.1) is 0 Å². The molecule has 3 aromatic rings. The fourth-order valence-corrected chi connectivity index (χ4v) is 3.53. The molecule has 0 atom stereocenters. The van der Waals surface area contributed by atoms with Crippen molar-refractivity contribution in [1.29, 1.82) is 0 Å². The summed E-state index contributed by atoms with van der Waals surface area (Å²) in [5, 5.41) is 0. The quantitative estimate of drug-likeness (QED) is 0.606. The molecular formula is C22H20F3N5O2. The highest BCUT2D eigenvalue weighted by molar-refractivity contribution is 5.96. The highest BCUT2D eigenvalue weighted by Crippen LogP contribution is 2.29. The Morgan fingerprint density at radius 2 is 1.81 bits per heavy atom. The second-order valence-electron chi connectivity index (χ2n) is 7.43. The topological polar surface area (TPSA) is 95.3 Å². The summed E-state index contributed by atoms with van der Waals surface area (Å²) >= 11 is 0. The Balaban J connectivity index is 1.38. The van der Waals surface area contributed by atoms with Gasteiger partial charge >= 0.3 is 6.18 Å². The van der Waals surface area contributed by atoms with Crippen molar-refractivity contribution >= 4 is 34.9 Å². The molecule has 1 aliphatic rings. The highest BCUT2D eigenvalue weighted by atomic mass is 19.4. The first kappa shape index (κ1) is 21.4. The maximum absolute atomic E-state index is 12.8. The molecule has 0 aliphatic carbocycles.